The zero-order valence-corrected chi connectivity index (χ0v) is 28.6. The van der Waals surface area contributed by atoms with Crippen LogP contribution in [0.1, 0.15) is 21.7 Å². The number of rotatable bonds is 12. The van der Waals surface area contributed by atoms with E-state index in [-0.39, 0.29) is 76.0 Å². The quantitative estimate of drug-likeness (QED) is 0.0448. The zero-order valence-electron chi connectivity index (χ0n) is 25.4. The minimum absolute atomic E-state index is 0.00216. The molecule has 0 bridgehead atoms. The van der Waals surface area contributed by atoms with E-state index in [2.05, 4.69) is 77.0 Å². The number of aliphatic imine (C=N–C) groups is 2. The predicted molar refractivity (Wildman–Crippen MR) is 178 cm³/mol. The number of hydroxylamine groups is 2. The van der Waals surface area contributed by atoms with Crippen LogP contribution >= 0.6 is 31.9 Å². The van der Waals surface area contributed by atoms with E-state index in [1.54, 1.807) is 24.3 Å². The molecule has 0 aliphatic heterocycles. The van der Waals surface area contributed by atoms with Crippen molar-refractivity contribution in [3.05, 3.63) is 104 Å². The van der Waals surface area contributed by atoms with Crippen LogP contribution in [-0.2, 0) is 0 Å². The molecule has 0 unspecified atom stereocenters. The molecule has 5 aromatic rings. The Morgan fingerprint density at radius 3 is 1.74 bits per heavy atom. The number of nitrogens with two attached hydrogens (primary N) is 1. The number of amides is 1. The minimum Gasteiger partial charge on any atom is -0.472 e. The lowest BCUT2D eigenvalue weighted by molar-refractivity contribution is 0.0946. The summed E-state index contributed by atoms with van der Waals surface area (Å²) in [6.07, 6.45) is 0. The minimum atomic E-state index is -0.452. The Kier molecular flexibility index (Phi) is 14.2. The lowest BCUT2D eigenvalue weighted by atomic mass is 10.2. The van der Waals surface area contributed by atoms with Crippen LogP contribution in [0.2, 0.25) is 0 Å². The van der Waals surface area contributed by atoms with Crippen molar-refractivity contribution in [2.45, 2.75) is 0 Å². The highest BCUT2D eigenvalue weighted by Gasteiger charge is 2.19. The fraction of sp³-hybridized carbons (Fsp3) is 0.138. The first kappa shape index (κ1) is 37.5. The number of carbonyl (C=O) groups is 1. The number of hydrogen-bond donors (Lipinski definition) is 6. The topological polar surface area (TPSA) is 241 Å². The molecule has 0 atom stereocenters. The number of nitrogens with zero attached hydrogens (tertiary/aromatic N) is 6. The number of ether oxygens (including phenoxy) is 2. The first-order chi connectivity index (χ1) is 24.2. The molecule has 0 fully saturated rings. The molecule has 5 rings (SSSR count). The van der Waals surface area contributed by atoms with Crippen molar-refractivity contribution < 1.29 is 42.7 Å². The number of hydrogen-bond acceptors (Lipinski definition) is 14. The average Bonchev–Trinajstić information content (AvgIpc) is 3.80. The van der Waals surface area contributed by atoms with E-state index in [1.165, 1.54) is 36.4 Å². The molecular weight excluding hydrogens is 798 g/mol. The van der Waals surface area contributed by atoms with Gasteiger partial charge in [-0.3, -0.25) is 26.2 Å². The molecule has 0 radical (unpaired) electrons. The van der Waals surface area contributed by atoms with Crippen LogP contribution in [0.15, 0.2) is 94.9 Å². The summed E-state index contributed by atoms with van der Waals surface area (Å²) in [5.74, 6) is -1.32. The van der Waals surface area contributed by atoms with Gasteiger partial charge in [0, 0.05) is 12.1 Å². The van der Waals surface area contributed by atoms with Crippen molar-refractivity contribution in [1.29, 1.82) is 0 Å². The molecule has 2 aromatic heterocycles. The molecule has 262 valence electrons. The molecule has 3 aromatic carbocycles. The zero-order chi connectivity index (χ0) is 35.9. The van der Waals surface area contributed by atoms with Gasteiger partial charge in [-0.1, -0.05) is 18.2 Å². The molecule has 50 heavy (non-hydrogen) atoms. The molecule has 0 aliphatic rings. The SMILES string of the molecule is NCCOc1nonc1C(=Nc1ccc(F)c(Br)c1)NO.O=C(NCCOc1nonc1C(=Nc1ccc(F)c(Br)c1)NO)c1ccccc1. The van der Waals surface area contributed by atoms with Gasteiger partial charge >= 0.3 is 0 Å². The molecule has 21 heteroatoms. The van der Waals surface area contributed by atoms with E-state index in [4.69, 9.17) is 15.2 Å². The van der Waals surface area contributed by atoms with E-state index in [0.717, 1.165) is 0 Å². The van der Waals surface area contributed by atoms with E-state index < -0.39 is 11.6 Å². The second-order valence-electron chi connectivity index (χ2n) is 9.28. The highest BCUT2D eigenvalue weighted by molar-refractivity contribution is 9.10. The van der Waals surface area contributed by atoms with Gasteiger partial charge < -0.3 is 20.5 Å². The molecule has 2 heterocycles. The lowest BCUT2D eigenvalue weighted by Crippen LogP contribution is -2.28. The average molecular weight is 824 g/mol. The van der Waals surface area contributed by atoms with Gasteiger partial charge in [0.25, 0.3) is 17.7 Å². The van der Waals surface area contributed by atoms with Gasteiger partial charge in [-0.15, -0.1) is 0 Å². The number of carbonyl (C=O) groups excluding carboxylic acids is 1. The van der Waals surface area contributed by atoms with Crippen molar-refractivity contribution in [1.82, 2.24) is 36.9 Å². The predicted octanol–water partition coefficient (Wildman–Crippen LogP) is 4.20. The van der Waals surface area contributed by atoms with Gasteiger partial charge in [0.1, 0.15) is 24.8 Å². The Morgan fingerprint density at radius 2 is 1.28 bits per heavy atom. The Bertz CT molecular complexity index is 1930. The van der Waals surface area contributed by atoms with Gasteiger partial charge in [-0.2, -0.15) is 0 Å². The Morgan fingerprint density at radius 1 is 0.780 bits per heavy atom. The highest BCUT2D eigenvalue weighted by Crippen LogP contribution is 2.25. The van der Waals surface area contributed by atoms with E-state index >= 15 is 0 Å². The molecule has 0 saturated heterocycles. The molecule has 17 nitrogen and oxygen atoms in total. The summed E-state index contributed by atoms with van der Waals surface area (Å²) in [7, 11) is 0. The first-order valence-corrected chi connectivity index (χ1v) is 15.6. The van der Waals surface area contributed by atoms with Crippen LogP contribution in [0.25, 0.3) is 0 Å². The van der Waals surface area contributed by atoms with Crippen LogP contribution < -0.4 is 31.5 Å². The van der Waals surface area contributed by atoms with Crippen molar-refractivity contribution in [3.8, 4) is 11.8 Å². The van der Waals surface area contributed by atoms with E-state index in [0.29, 0.717) is 16.9 Å². The van der Waals surface area contributed by atoms with Crippen LogP contribution in [0.3, 0.4) is 0 Å². The highest BCUT2D eigenvalue weighted by atomic mass is 79.9. The molecule has 1 amide bonds. The smallest absolute Gasteiger partial charge is 0.287 e. The van der Waals surface area contributed by atoms with Gasteiger partial charge in [0.15, 0.2) is 11.7 Å². The van der Waals surface area contributed by atoms with Gasteiger partial charge in [-0.25, -0.2) is 28.0 Å². The summed E-state index contributed by atoms with van der Waals surface area (Å²) in [6, 6.07) is 16.9. The van der Waals surface area contributed by atoms with Crippen LogP contribution in [0.4, 0.5) is 20.2 Å². The van der Waals surface area contributed by atoms with Crippen molar-refractivity contribution >= 4 is 60.8 Å². The number of aromatic nitrogens is 4. The maximum atomic E-state index is 13.3. The lowest BCUT2D eigenvalue weighted by Gasteiger charge is -2.07. The molecule has 0 aliphatic carbocycles. The van der Waals surface area contributed by atoms with Crippen LogP contribution in [-0.4, -0.2) is 74.9 Å². The van der Waals surface area contributed by atoms with Gasteiger partial charge in [0.2, 0.25) is 11.4 Å². The second-order valence-corrected chi connectivity index (χ2v) is 11.0. The Hall–Kier alpha value is -5.35. The fourth-order valence-electron chi connectivity index (χ4n) is 3.63. The third-order valence-electron chi connectivity index (χ3n) is 5.88. The molecule has 0 spiro atoms. The van der Waals surface area contributed by atoms with Crippen LogP contribution in [0, 0.1) is 11.6 Å². The molecule has 7 N–H and O–H groups in total. The van der Waals surface area contributed by atoms with Crippen LogP contribution in [0.5, 0.6) is 11.8 Å². The van der Waals surface area contributed by atoms with Gasteiger partial charge in [0.05, 0.1) is 26.9 Å². The van der Waals surface area contributed by atoms with Gasteiger partial charge in [-0.05, 0) is 101 Å². The molecule has 0 saturated carbocycles. The third-order valence-corrected chi connectivity index (χ3v) is 7.10. The summed E-state index contributed by atoms with van der Waals surface area (Å²) in [5, 5.41) is 35.6. The van der Waals surface area contributed by atoms with E-state index in [9.17, 15) is 24.0 Å². The summed E-state index contributed by atoms with van der Waals surface area (Å²) < 4.78 is 46.8. The van der Waals surface area contributed by atoms with Crippen molar-refractivity contribution in [2.75, 3.05) is 26.3 Å². The number of halogens is 4. The third kappa shape index (κ3) is 10.6. The number of nitrogens with one attached hydrogen (secondary N) is 3. The molecular formula is C29H26Br2F2N10O7. The monoisotopic (exact) mass is 822 g/mol. The Labute approximate surface area is 297 Å². The summed E-state index contributed by atoms with van der Waals surface area (Å²) in [5.41, 5.74) is 10.4. The number of benzene rings is 3. The Balaban J connectivity index is 0.000000237. The van der Waals surface area contributed by atoms with Crippen molar-refractivity contribution in [3.63, 3.8) is 0 Å². The summed E-state index contributed by atoms with van der Waals surface area (Å²) in [4.78, 5) is 20.2. The standard InChI is InChI=1S/C18H15BrFN5O4.C11H11BrFN5O3/c19-13-10-12(6-7-14(13)20)22-16(23-27)15-18(25-29-24-15)28-9-8-21-17(26)11-4-2-1-3-5-11;12-7-5-6(1-2-8(7)13)15-10(16-19)9-11(18-21-17-9)20-4-3-14/h1-7,10,27H,8-9H2,(H,21,26)(H,22,23);1-2,5,19H,3-4,14H2,(H,15,16). The summed E-state index contributed by atoms with van der Waals surface area (Å²) >= 11 is 6.10. The number of amidine groups is 2. The normalized spacial score (nSPS) is 11.3. The largest absolute Gasteiger partial charge is 0.472 e. The van der Waals surface area contributed by atoms with Crippen molar-refractivity contribution in [2.24, 2.45) is 15.7 Å². The fourth-order valence-corrected chi connectivity index (χ4v) is 4.36. The maximum absolute atomic E-state index is 13.3. The summed E-state index contributed by atoms with van der Waals surface area (Å²) in [6.45, 7) is 0.739. The first-order valence-electron chi connectivity index (χ1n) is 14.1. The maximum Gasteiger partial charge on any atom is 0.287 e. The second kappa shape index (κ2) is 19.0. The van der Waals surface area contributed by atoms with E-state index in [1.807, 2.05) is 17.0 Å².